The second-order valence-electron chi connectivity index (χ2n) is 5.96. The molecule has 2 aromatic rings. The lowest BCUT2D eigenvalue weighted by Gasteiger charge is -2.32. The molecule has 1 amide bonds. The summed E-state index contributed by atoms with van der Waals surface area (Å²) in [5.74, 6) is 0.103. The van der Waals surface area contributed by atoms with Gasteiger partial charge < -0.3 is 5.32 Å². The summed E-state index contributed by atoms with van der Waals surface area (Å²) in [7, 11) is 0. The molecule has 0 radical (unpaired) electrons. The third-order valence-electron chi connectivity index (χ3n) is 4.36. The van der Waals surface area contributed by atoms with Gasteiger partial charge in [0.2, 0.25) is 5.91 Å². The summed E-state index contributed by atoms with van der Waals surface area (Å²) in [5.41, 5.74) is 3.78. The van der Waals surface area contributed by atoms with Crippen molar-refractivity contribution in [2.24, 2.45) is 0 Å². The fourth-order valence-corrected chi connectivity index (χ4v) is 3.89. The Hall–Kier alpha value is -1.65. The highest BCUT2D eigenvalue weighted by Crippen LogP contribution is 2.32. The van der Waals surface area contributed by atoms with Crippen molar-refractivity contribution in [3.63, 3.8) is 0 Å². The molecule has 1 aromatic heterocycles. The molecule has 0 bridgehead atoms. The van der Waals surface area contributed by atoms with E-state index in [-0.39, 0.29) is 5.91 Å². The van der Waals surface area contributed by atoms with Gasteiger partial charge in [-0.25, -0.2) is 0 Å². The van der Waals surface area contributed by atoms with Gasteiger partial charge in [-0.3, -0.25) is 9.69 Å². The molecule has 0 saturated heterocycles. The molecule has 116 valence electrons. The zero-order chi connectivity index (χ0) is 15.5. The van der Waals surface area contributed by atoms with Crippen molar-refractivity contribution in [1.82, 2.24) is 10.2 Å². The van der Waals surface area contributed by atoms with Crippen LogP contribution in [-0.2, 0) is 17.8 Å². The van der Waals surface area contributed by atoms with E-state index in [1.807, 2.05) is 11.3 Å². The maximum atomic E-state index is 12.2. The van der Waals surface area contributed by atoms with Crippen molar-refractivity contribution >= 4 is 17.2 Å². The van der Waals surface area contributed by atoms with Crippen LogP contribution in [0.15, 0.2) is 35.7 Å². The third kappa shape index (κ3) is 3.39. The fraction of sp³-hybridized carbons (Fsp3) is 0.389. The predicted octanol–water partition coefficient (Wildman–Crippen LogP) is 3.29. The molecule has 1 unspecified atom stereocenters. The smallest absolute Gasteiger partial charge is 0.234 e. The largest absolute Gasteiger partial charge is 0.351 e. The molecular weight excluding hydrogens is 292 g/mol. The van der Waals surface area contributed by atoms with Crippen LogP contribution >= 0.6 is 11.3 Å². The quantitative estimate of drug-likeness (QED) is 0.939. The molecule has 0 fully saturated rings. The van der Waals surface area contributed by atoms with Crippen molar-refractivity contribution < 1.29 is 4.79 Å². The summed E-state index contributed by atoms with van der Waals surface area (Å²) >= 11 is 1.83. The van der Waals surface area contributed by atoms with Crippen molar-refractivity contribution in [3.05, 3.63) is 57.3 Å². The zero-order valence-corrected chi connectivity index (χ0v) is 14.0. The van der Waals surface area contributed by atoms with E-state index < -0.39 is 0 Å². The molecule has 22 heavy (non-hydrogen) atoms. The summed E-state index contributed by atoms with van der Waals surface area (Å²) in [5, 5.41) is 5.18. The minimum Gasteiger partial charge on any atom is -0.351 e. The highest BCUT2D eigenvalue weighted by molar-refractivity contribution is 7.10. The number of aryl methyl sites for hydroxylation is 1. The van der Waals surface area contributed by atoms with E-state index in [0.29, 0.717) is 19.1 Å². The van der Waals surface area contributed by atoms with Gasteiger partial charge in [-0.15, -0.1) is 11.3 Å². The normalized spacial score (nSPS) is 18.0. The average molecular weight is 314 g/mol. The number of hydrogen-bond donors (Lipinski definition) is 1. The number of benzene rings is 1. The molecule has 1 aliphatic heterocycles. The second kappa shape index (κ2) is 6.63. The first-order valence-electron chi connectivity index (χ1n) is 7.76. The number of amides is 1. The average Bonchev–Trinajstić information content (AvgIpc) is 2.99. The van der Waals surface area contributed by atoms with Crippen LogP contribution in [0.1, 0.15) is 34.5 Å². The van der Waals surface area contributed by atoms with Crippen LogP contribution < -0.4 is 5.32 Å². The van der Waals surface area contributed by atoms with Gasteiger partial charge in [0.15, 0.2) is 0 Å². The van der Waals surface area contributed by atoms with E-state index in [1.165, 1.54) is 16.0 Å². The lowest BCUT2D eigenvalue weighted by Crippen LogP contribution is -2.41. The van der Waals surface area contributed by atoms with E-state index in [0.717, 1.165) is 18.5 Å². The Kier molecular flexibility index (Phi) is 4.60. The molecule has 0 saturated carbocycles. The first-order chi connectivity index (χ1) is 10.6. The Morgan fingerprint density at radius 2 is 2.09 bits per heavy atom. The number of hydrogen-bond acceptors (Lipinski definition) is 3. The number of nitrogens with one attached hydrogen (secondary N) is 1. The van der Waals surface area contributed by atoms with E-state index in [2.05, 4.69) is 59.8 Å². The molecule has 0 aliphatic carbocycles. The molecule has 3 rings (SSSR count). The molecule has 2 heterocycles. The molecule has 0 spiro atoms. The van der Waals surface area contributed by atoms with Crippen LogP contribution in [-0.4, -0.2) is 23.9 Å². The maximum Gasteiger partial charge on any atom is 0.234 e. The number of rotatable bonds is 4. The van der Waals surface area contributed by atoms with Gasteiger partial charge in [0.05, 0.1) is 6.54 Å². The standard InChI is InChI=1S/C18H22N2OS/c1-13-3-5-15(6-4-13)11-19-18(21)12-20-9-7-17-16(14(20)2)8-10-22-17/h3-6,8,10,14H,7,9,11-12H2,1-2H3,(H,19,21). The number of fused-ring (bicyclic) bond motifs is 1. The van der Waals surface area contributed by atoms with Gasteiger partial charge in [0.25, 0.3) is 0 Å². The summed E-state index contributed by atoms with van der Waals surface area (Å²) in [6.07, 6.45) is 1.06. The van der Waals surface area contributed by atoms with Crippen LogP contribution in [0.4, 0.5) is 0 Å². The molecule has 1 aliphatic rings. The zero-order valence-electron chi connectivity index (χ0n) is 13.1. The number of nitrogens with zero attached hydrogens (tertiary/aromatic N) is 1. The monoisotopic (exact) mass is 314 g/mol. The van der Waals surface area contributed by atoms with Gasteiger partial charge in [-0.1, -0.05) is 29.8 Å². The highest BCUT2D eigenvalue weighted by atomic mass is 32.1. The van der Waals surface area contributed by atoms with Crippen LogP contribution in [0.2, 0.25) is 0 Å². The Labute approximate surface area is 136 Å². The first-order valence-corrected chi connectivity index (χ1v) is 8.64. The summed E-state index contributed by atoms with van der Waals surface area (Å²) in [6.45, 7) is 6.30. The van der Waals surface area contributed by atoms with Crippen molar-refractivity contribution in [1.29, 1.82) is 0 Å². The molecule has 4 heteroatoms. The molecule has 1 aromatic carbocycles. The predicted molar refractivity (Wildman–Crippen MR) is 91.0 cm³/mol. The summed E-state index contributed by atoms with van der Waals surface area (Å²) < 4.78 is 0. The van der Waals surface area contributed by atoms with Crippen molar-refractivity contribution in [2.45, 2.75) is 32.9 Å². The minimum atomic E-state index is 0.103. The number of thiophene rings is 1. The summed E-state index contributed by atoms with van der Waals surface area (Å²) in [6, 6.07) is 10.8. The number of carbonyl (C=O) groups excluding carboxylic acids is 1. The van der Waals surface area contributed by atoms with E-state index >= 15 is 0 Å². The lowest BCUT2D eigenvalue weighted by molar-refractivity contribution is -0.123. The lowest BCUT2D eigenvalue weighted by atomic mass is 10.0. The Morgan fingerprint density at radius 3 is 2.86 bits per heavy atom. The highest BCUT2D eigenvalue weighted by Gasteiger charge is 2.25. The summed E-state index contributed by atoms with van der Waals surface area (Å²) in [4.78, 5) is 15.9. The fourth-order valence-electron chi connectivity index (χ4n) is 2.92. The second-order valence-corrected chi connectivity index (χ2v) is 6.96. The Balaban J connectivity index is 1.53. The Bertz CT molecular complexity index is 647. The van der Waals surface area contributed by atoms with E-state index in [1.54, 1.807) is 0 Å². The maximum absolute atomic E-state index is 12.2. The van der Waals surface area contributed by atoms with Gasteiger partial charge >= 0.3 is 0 Å². The molecule has 1 atom stereocenters. The van der Waals surface area contributed by atoms with Gasteiger partial charge in [0.1, 0.15) is 0 Å². The number of carbonyl (C=O) groups is 1. The first kappa shape index (κ1) is 15.3. The van der Waals surface area contributed by atoms with Gasteiger partial charge in [-0.2, -0.15) is 0 Å². The third-order valence-corrected chi connectivity index (χ3v) is 5.36. The molecule has 1 N–H and O–H groups in total. The van der Waals surface area contributed by atoms with Crippen LogP contribution in [0.3, 0.4) is 0 Å². The SMILES string of the molecule is Cc1ccc(CNC(=O)CN2CCc3sccc3C2C)cc1. The van der Waals surface area contributed by atoms with Crippen LogP contribution in [0.25, 0.3) is 0 Å². The van der Waals surface area contributed by atoms with Crippen LogP contribution in [0.5, 0.6) is 0 Å². The molecule has 3 nitrogen and oxygen atoms in total. The topological polar surface area (TPSA) is 32.3 Å². The van der Waals surface area contributed by atoms with Crippen LogP contribution in [0, 0.1) is 6.92 Å². The van der Waals surface area contributed by atoms with Crippen molar-refractivity contribution in [3.8, 4) is 0 Å². The van der Waals surface area contributed by atoms with Gasteiger partial charge in [0, 0.05) is 24.0 Å². The van der Waals surface area contributed by atoms with E-state index in [9.17, 15) is 4.79 Å². The Morgan fingerprint density at radius 1 is 1.32 bits per heavy atom. The van der Waals surface area contributed by atoms with E-state index in [4.69, 9.17) is 0 Å². The molecular formula is C18H22N2OS. The van der Waals surface area contributed by atoms with Crippen molar-refractivity contribution in [2.75, 3.05) is 13.1 Å². The minimum absolute atomic E-state index is 0.103. The van der Waals surface area contributed by atoms with Gasteiger partial charge in [-0.05, 0) is 42.8 Å².